The first-order valence-corrected chi connectivity index (χ1v) is 16.3. The maximum atomic E-state index is 13.1. The molecule has 0 saturated heterocycles. The van der Waals surface area contributed by atoms with Gasteiger partial charge in [-0.05, 0) is 55.6 Å². The van der Waals surface area contributed by atoms with Crippen LogP contribution in [0.2, 0.25) is 0 Å². The number of sulfonamides is 1. The van der Waals surface area contributed by atoms with Crippen LogP contribution in [0, 0.1) is 5.92 Å². The minimum absolute atomic E-state index is 0.0231. The zero-order chi connectivity index (χ0) is 28.7. The number of thioether (sulfide) groups is 1. The zero-order valence-electron chi connectivity index (χ0n) is 23.1. The molecule has 0 bridgehead atoms. The average molecular weight is 585 g/mol. The average Bonchev–Trinajstić information content (AvgIpc) is 3.71. The van der Waals surface area contributed by atoms with E-state index >= 15 is 0 Å². The van der Waals surface area contributed by atoms with E-state index < -0.39 is 22.0 Å². The standard InChI is InChI=1S/C29H36N4O5S2/c1-4-6-11-25-31-27(39-3)26(28(34)38-5-2)33(25)19-21-14-16-22(17-15-21)23-9-7-8-10-24(23)40(36,37)32-29(35)30-18-20-12-13-20/h7-10,14-17,20H,4-6,11-13,18-19H2,1-3H3,(H2,30,32,35). The molecule has 1 aliphatic rings. The molecule has 40 heavy (non-hydrogen) atoms. The molecule has 1 aliphatic carbocycles. The van der Waals surface area contributed by atoms with Gasteiger partial charge in [0, 0.05) is 25.1 Å². The summed E-state index contributed by atoms with van der Waals surface area (Å²) in [7, 11) is -4.09. The van der Waals surface area contributed by atoms with Crippen molar-refractivity contribution >= 4 is 33.8 Å². The van der Waals surface area contributed by atoms with Crippen LogP contribution in [-0.2, 0) is 27.7 Å². The molecule has 1 saturated carbocycles. The molecule has 0 aliphatic heterocycles. The van der Waals surface area contributed by atoms with Crippen LogP contribution in [0.3, 0.4) is 0 Å². The van der Waals surface area contributed by atoms with Crippen LogP contribution in [-0.4, -0.2) is 49.4 Å². The number of urea groups is 1. The Morgan fingerprint density at radius 1 is 1.10 bits per heavy atom. The zero-order valence-corrected chi connectivity index (χ0v) is 24.7. The van der Waals surface area contributed by atoms with Gasteiger partial charge >= 0.3 is 12.0 Å². The van der Waals surface area contributed by atoms with Gasteiger partial charge in [-0.3, -0.25) is 0 Å². The SMILES string of the molecule is CCCCc1nc(SC)c(C(=O)OCC)n1Cc1ccc(-c2ccccc2S(=O)(=O)NC(=O)NCC2CC2)cc1. The van der Waals surface area contributed by atoms with Crippen LogP contribution in [0.25, 0.3) is 11.1 Å². The largest absolute Gasteiger partial charge is 0.461 e. The summed E-state index contributed by atoms with van der Waals surface area (Å²) in [6, 6.07) is 13.4. The molecule has 2 aromatic carbocycles. The second kappa shape index (κ2) is 13.4. The van der Waals surface area contributed by atoms with Gasteiger partial charge in [0.15, 0.2) is 5.69 Å². The number of esters is 1. The van der Waals surface area contributed by atoms with Crippen molar-refractivity contribution < 1.29 is 22.7 Å². The number of unbranched alkanes of at least 4 members (excludes halogenated alkanes) is 1. The monoisotopic (exact) mass is 584 g/mol. The summed E-state index contributed by atoms with van der Waals surface area (Å²) in [6.45, 7) is 5.06. The fourth-order valence-corrected chi connectivity index (χ4v) is 6.14. The van der Waals surface area contributed by atoms with Crippen molar-refractivity contribution in [3.8, 4) is 11.1 Å². The summed E-state index contributed by atoms with van der Waals surface area (Å²) in [5, 5.41) is 3.28. The lowest BCUT2D eigenvalue weighted by atomic mass is 10.0. The van der Waals surface area contributed by atoms with Crippen LogP contribution >= 0.6 is 11.8 Å². The van der Waals surface area contributed by atoms with Gasteiger partial charge in [-0.15, -0.1) is 11.8 Å². The van der Waals surface area contributed by atoms with Gasteiger partial charge in [-0.1, -0.05) is 55.8 Å². The van der Waals surface area contributed by atoms with Gasteiger partial charge in [-0.25, -0.2) is 27.7 Å². The Morgan fingerprint density at radius 3 is 2.48 bits per heavy atom. The van der Waals surface area contributed by atoms with Crippen molar-refractivity contribution in [3.63, 3.8) is 0 Å². The highest BCUT2D eigenvalue weighted by Crippen LogP contribution is 2.30. The van der Waals surface area contributed by atoms with Gasteiger partial charge in [0.2, 0.25) is 0 Å². The fraction of sp³-hybridized carbons (Fsp3) is 0.414. The topological polar surface area (TPSA) is 119 Å². The van der Waals surface area contributed by atoms with Crippen LogP contribution in [0.1, 0.15) is 61.4 Å². The third kappa shape index (κ3) is 7.25. The molecule has 1 fully saturated rings. The van der Waals surface area contributed by atoms with E-state index in [-0.39, 0.29) is 11.5 Å². The molecule has 0 unspecified atom stereocenters. The van der Waals surface area contributed by atoms with E-state index in [9.17, 15) is 18.0 Å². The summed E-state index contributed by atoms with van der Waals surface area (Å²) in [6.07, 6.45) is 6.69. The number of rotatable bonds is 13. The molecule has 11 heteroatoms. The smallest absolute Gasteiger partial charge is 0.357 e. The minimum Gasteiger partial charge on any atom is -0.461 e. The lowest BCUT2D eigenvalue weighted by molar-refractivity contribution is 0.0509. The maximum Gasteiger partial charge on any atom is 0.357 e. The van der Waals surface area contributed by atoms with Gasteiger partial charge < -0.3 is 14.6 Å². The molecule has 2 N–H and O–H groups in total. The summed E-state index contributed by atoms with van der Waals surface area (Å²) in [4.78, 5) is 29.8. The number of hydrogen-bond acceptors (Lipinski definition) is 7. The Labute approximate surface area is 240 Å². The van der Waals surface area contributed by atoms with Gasteiger partial charge in [-0.2, -0.15) is 0 Å². The number of benzene rings is 2. The third-order valence-electron chi connectivity index (χ3n) is 6.69. The molecule has 0 atom stereocenters. The first-order valence-electron chi connectivity index (χ1n) is 13.6. The number of nitrogens with zero attached hydrogens (tertiary/aromatic N) is 2. The lowest BCUT2D eigenvalue weighted by Crippen LogP contribution is -2.40. The van der Waals surface area contributed by atoms with Crippen molar-refractivity contribution in [2.45, 2.75) is 62.4 Å². The van der Waals surface area contributed by atoms with Gasteiger partial charge in [0.1, 0.15) is 10.9 Å². The summed E-state index contributed by atoms with van der Waals surface area (Å²) in [5.74, 6) is 0.873. The van der Waals surface area contributed by atoms with E-state index in [4.69, 9.17) is 9.72 Å². The number of ether oxygens (including phenoxy) is 1. The Bertz CT molecular complexity index is 1450. The van der Waals surface area contributed by atoms with E-state index in [0.29, 0.717) is 40.9 Å². The number of amides is 2. The normalized spacial score (nSPS) is 13.2. The number of imidazole rings is 1. The third-order valence-corrected chi connectivity index (χ3v) is 8.75. The van der Waals surface area contributed by atoms with Gasteiger partial charge in [0.05, 0.1) is 11.5 Å². The highest BCUT2D eigenvalue weighted by atomic mass is 32.2. The van der Waals surface area contributed by atoms with Crippen LogP contribution < -0.4 is 10.0 Å². The minimum atomic E-state index is -4.09. The maximum absolute atomic E-state index is 13.1. The number of aryl methyl sites for hydroxylation is 1. The molecule has 0 spiro atoms. The number of nitrogens with one attached hydrogen (secondary N) is 2. The van der Waals surface area contributed by atoms with E-state index in [1.807, 2.05) is 35.1 Å². The Hall–Kier alpha value is -3.31. The van der Waals surface area contributed by atoms with E-state index in [2.05, 4.69) is 17.0 Å². The first kappa shape index (κ1) is 29.7. The number of aromatic nitrogens is 2. The van der Waals surface area contributed by atoms with E-state index in [1.165, 1.54) is 17.8 Å². The lowest BCUT2D eigenvalue weighted by Gasteiger charge is -2.14. The van der Waals surface area contributed by atoms with Crippen molar-refractivity contribution in [1.82, 2.24) is 19.6 Å². The number of carbonyl (C=O) groups is 2. The molecule has 2 amide bonds. The molecule has 214 valence electrons. The quantitative estimate of drug-likeness (QED) is 0.208. The molecule has 1 heterocycles. The van der Waals surface area contributed by atoms with Crippen molar-refractivity contribution in [3.05, 3.63) is 65.6 Å². The molecule has 1 aromatic heterocycles. The summed E-state index contributed by atoms with van der Waals surface area (Å²) < 4.78 is 35.6. The molecule has 3 aromatic rings. The Balaban J connectivity index is 1.59. The van der Waals surface area contributed by atoms with Gasteiger partial charge in [0.25, 0.3) is 10.0 Å². The fourth-order valence-electron chi connectivity index (χ4n) is 4.39. The highest BCUT2D eigenvalue weighted by molar-refractivity contribution is 7.98. The first-order chi connectivity index (χ1) is 19.3. The van der Waals surface area contributed by atoms with E-state index in [0.717, 1.165) is 43.5 Å². The predicted molar refractivity (Wildman–Crippen MR) is 156 cm³/mol. The summed E-state index contributed by atoms with van der Waals surface area (Å²) in [5.41, 5.74) is 2.55. The van der Waals surface area contributed by atoms with Crippen molar-refractivity contribution in [2.75, 3.05) is 19.4 Å². The second-order valence-electron chi connectivity index (χ2n) is 9.75. The number of hydrogen-bond donors (Lipinski definition) is 2. The molecule has 4 rings (SSSR count). The Morgan fingerprint density at radius 2 is 1.82 bits per heavy atom. The Kier molecular flexibility index (Phi) is 9.91. The molecule has 9 nitrogen and oxygen atoms in total. The van der Waals surface area contributed by atoms with Crippen LogP contribution in [0.15, 0.2) is 58.5 Å². The van der Waals surface area contributed by atoms with E-state index in [1.54, 1.807) is 25.1 Å². The molecule has 0 radical (unpaired) electrons. The molecular formula is C29H36N4O5S2. The van der Waals surface area contributed by atoms with Crippen molar-refractivity contribution in [2.24, 2.45) is 5.92 Å². The number of carbonyl (C=O) groups excluding carboxylic acids is 2. The summed E-state index contributed by atoms with van der Waals surface area (Å²) >= 11 is 1.42. The molecular weight excluding hydrogens is 548 g/mol. The van der Waals surface area contributed by atoms with Crippen molar-refractivity contribution in [1.29, 1.82) is 0 Å². The van der Waals surface area contributed by atoms with Crippen LogP contribution in [0.4, 0.5) is 4.79 Å². The van der Waals surface area contributed by atoms with Crippen LogP contribution in [0.5, 0.6) is 0 Å². The highest BCUT2D eigenvalue weighted by Gasteiger charge is 2.26. The second-order valence-corrected chi connectivity index (χ2v) is 12.2. The predicted octanol–water partition coefficient (Wildman–Crippen LogP) is 5.24.